The SMILES string of the molecule is Cc1ccccc1C(=O)N(Cc1ccco1)C1CC1. The Morgan fingerprint density at radius 1 is 1.26 bits per heavy atom. The number of hydrogen-bond donors (Lipinski definition) is 0. The van der Waals surface area contributed by atoms with E-state index in [1.807, 2.05) is 48.2 Å². The Bertz CT molecular complexity index is 570. The lowest BCUT2D eigenvalue weighted by Crippen LogP contribution is -2.32. The summed E-state index contributed by atoms with van der Waals surface area (Å²) in [6.07, 6.45) is 3.84. The van der Waals surface area contributed by atoms with Crippen molar-refractivity contribution in [3.8, 4) is 0 Å². The van der Waals surface area contributed by atoms with Crippen LogP contribution in [0.3, 0.4) is 0 Å². The topological polar surface area (TPSA) is 33.5 Å². The first-order chi connectivity index (χ1) is 9.25. The van der Waals surface area contributed by atoms with Crippen LogP contribution >= 0.6 is 0 Å². The summed E-state index contributed by atoms with van der Waals surface area (Å²) >= 11 is 0. The number of nitrogens with zero attached hydrogens (tertiary/aromatic N) is 1. The van der Waals surface area contributed by atoms with Crippen molar-refractivity contribution in [2.75, 3.05) is 0 Å². The van der Waals surface area contributed by atoms with Crippen LogP contribution in [-0.2, 0) is 6.54 Å². The molecule has 0 N–H and O–H groups in total. The molecule has 98 valence electrons. The fraction of sp³-hybridized carbons (Fsp3) is 0.312. The summed E-state index contributed by atoms with van der Waals surface area (Å²) in [6.45, 7) is 2.54. The molecule has 3 nitrogen and oxygen atoms in total. The van der Waals surface area contributed by atoms with Crippen LogP contribution in [0.5, 0.6) is 0 Å². The van der Waals surface area contributed by atoms with Crippen LogP contribution in [0.4, 0.5) is 0 Å². The molecule has 2 aromatic rings. The van der Waals surface area contributed by atoms with E-state index in [9.17, 15) is 4.79 Å². The highest BCUT2D eigenvalue weighted by Crippen LogP contribution is 2.30. The van der Waals surface area contributed by atoms with Crippen LogP contribution in [0.15, 0.2) is 47.1 Å². The molecule has 0 saturated heterocycles. The molecule has 1 amide bonds. The van der Waals surface area contributed by atoms with Crippen molar-refractivity contribution in [3.05, 3.63) is 59.5 Å². The summed E-state index contributed by atoms with van der Waals surface area (Å²) in [4.78, 5) is 14.6. The molecule has 0 bridgehead atoms. The number of furan rings is 1. The largest absolute Gasteiger partial charge is 0.467 e. The maximum Gasteiger partial charge on any atom is 0.254 e. The van der Waals surface area contributed by atoms with Crippen LogP contribution in [0.1, 0.15) is 34.5 Å². The van der Waals surface area contributed by atoms with Gasteiger partial charge in [-0.3, -0.25) is 4.79 Å². The van der Waals surface area contributed by atoms with Crippen LogP contribution < -0.4 is 0 Å². The molecular formula is C16H17NO2. The van der Waals surface area contributed by atoms with Crippen LogP contribution in [-0.4, -0.2) is 16.8 Å². The van der Waals surface area contributed by atoms with Crippen LogP contribution in [0, 0.1) is 6.92 Å². The Hall–Kier alpha value is -2.03. The Labute approximate surface area is 112 Å². The van der Waals surface area contributed by atoms with E-state index in [0.29, 0.717) is 12.6 Å². The van der Waals surface area contributed by atoms with Gasteiger partial charge < -0.3 is 9.32 Å². The average molecular weight is 255 g/mol. The predicted molar refractivity (Wildman–Crippen MR) is 72.8 cm³/mol. The number of hydrogen-bond acceptors (Lipinski definition) is 2. The molecule has 0 atom stereocenters. The van der Waals surface area contributed by atoms with Crippen molar-refractivity contribution in [2.24, 2.45) is 0 Å². The lowest BCUT2D eigenvalue weighted by atomic mass is 10.1. The van der Waals surface area contributed by atoms with Crippen LogP contribution in [0.2, 0.25) is 0 Å². The third-order valence-electron chi connectivity index (χ3n) is 3.53. The minimum atomic E-state index is 0.108. The first-order valence-electron chi connectivity index (χ1n) is 6.64. The number of carbonyl (C=O) groups is 1. The quantitative estimate of drug-likeness (QED) is 0.839. The first-order valence-corrected chi connectivity index (χ1v) is 6.64. The Balaban J connectivity index is 1.84. The number of aryl methyl sites for hydroxylation is 1. The number of benzene rings is 1. The van der Waals surface area contributed by atoms with Gasteiger partial charge in [-0.2, -0.15) is 0 Å². The molecular weight excluding hydrogens is 238 g/mol. The fourth-order valence-corrected chi connectivity index (χ4v) is 2.29. The minimum absolute atomic E-state index is 0.108. The zero-order chi connectivity index (χ0) is 13.2. The van der Waals surface area contributed by atoms with Crippen molar-refractivity contribution < 1.29 is 9.21 Å². The molecule has 3 rings (SSSR count). The lowest BCUT2D eigenvalue weighted by Gasteiger charge is -2.22. The molecule has 1 aliphatic carbocycles. The summed E-state index contributed by atoms with van der Waals surface area (Å²) < 4.78 is 5.36. The molecule has 0 unspecified atom stereocenters. The number of amides is 1. The van der Waals surface area contributed by atoms with Gasteiger partial charge in [-0.15, -0.1) is 0 Å². The average Bonchev–Trinajstić information content (AvgIpc) is 3.13. The lowest BCUT2D eigenvalue weighted by molar-refractivity contribution is 0.0717. The maximum absolute atomic E-state index is 12.7. The summed E-state index contributed by atoms with van der Waals surface area (Å²) in [7, 11) is 0. The third kappa shape index (κ3) is 2.55. The Morgan fingerprint density at radius 2 is 2.05 bits per heavy atom. The molecule has 1 aromatic carbocycles. The van der Waals surface area contributed by atoms with E-state index in [4.69, 9.17) is 4.42 Å². The van der Waals surface area contributed by atoms with E-state index in [0.717, 1.165) is 29.7 Å². The van der Waals surface area contributed by atoms with Crippen molar-refractivity contribution in [1.29, 1.82) is 0 Å². The maximum atomic E-state index is 12.7. The van der Waals surface area contributed by atoms with E-state index in [-0.39, 0.29) is 5.91 Å². The fourth-order valence-electron chi connectivity index (χ4n) is 2.29. The standard InChI is InChI=1S/C16H17NO2/c1-12-5-2-3-7-15(12)16(18)17(13-8-9-13)11-14-6-4-10-19-14/h2-7,10,13H,8-9,11H2,1H3. The third-order valence-corrected chi connectivity index (χ3v) is 3.53. The highest BCUT2D eigenvalue weighted by Gasteiger charge is 2.33. The van der Waals surface area contributed by atoms with Gasteiger partial charge in [-0.05, 0) is 43.5 Å². The number of carbonyl (C=O) groups excluding carboxylic acids is 1. The zero-order valence-electron chi connectivity index (χ0n) is 11.0. The van der Waals surface area contributed by atoms with E-state index in [1.54, 1.807) is 6.26 Å². The highest BCUT2D eigenvalue weighted by atomic mass is 16.3. The molecule has 0 spiro atoms. The van der Waals surface area contributed by atoms with Gasteiger partial charge in [0.05, 0.1) is 12.8 Å². The Kier molecular flexibility index (Phi) is 3.11. The van der Waals surface area contributed by atoms with Crippen molar-refractivity contribution in [2.45, 2.75) is 32.4 Å². The van der Waals surface area contributed by atoms with Gasteiger partial charge in [-0.25, -0.2) is 0 Å². The first kappa shape index (κ1) is 12.0. The van der Waals surface area contributed by atoms with E-state index in [2.05, 4.69) is 0 Å². The molecule has 3 heteroatoms. The summed E-state index contributed by atoms with van der Waals surface area (Å²) in [5.41, 5.74) is 1.82. The van der Waals surface area contributed by atoms with Gasteiger partial charge in [0.1, 0.15) is 5.76 Å². The Morgan fingerprint density at radius 3 is 2.68 bits per heavy atom. The highest BCUT2D eigenvalue weighted by molar-refractivity contribution is 5.95. The van der Waals surface area contributed by atoms with Gasteiger partial charge in [0, 0.05) is 11.6 Å². The molecule has 1 saturated carbocycles. The molecule has 19 heavy (non-hydrogen) atoms. The molecule has 1 heterocycles. The zero-order valence-corrected chi connectivity index (χ0v) is 11.0. The van der Waals surface area contributed by atoms with Crippen molar-refractivity contribution >= 4 is 5.91 Å². The second-order valence-corrected chi connectivity index (χ2v) is 5.06. The summed E-state index contributed by atoms with van der Waals surface area (Å²) in [5.74, 6) is 0.950. The smallest absolute Gasteiger partial charge is 0.254 e. The van der Waals surface area contributed by atoms with Gasteiger partial charge in [0.25, 0.3) is 5.91 Å². The molecule has 0 radical (unpaired) electrons. The van der Waals surface area contributed by atoms with Crippen molar-refractivity contribution in [3.63, 3.8) is 0 Å². The molecule has 1 aliphatic rings. The van der Waals surface area contributed by atoms with E-state index in [1.165, 1.54) is 0 Å². The normalized spacial score (nSPS) is 14.4. The van der Waals surface area contributed by atoms with Gasteiger partial charge in [-0.1, -0.05) is 18.2 Å². The summed E-state index contributed by atoms with van der Waals surface area (Å²) in [6, 6.07) is 11.9. The van der Waals surface area contributed by atoms with Gasteiger partial charge >= 0.3 is 0 Å². The van der Waals surface area contributed by atoms with Gasteiger partial charge in [0.15, 0.2) is 0 Å². The van der Waals surface area contributed by atoms with Crippen LogP contribution in [0.25, 0.3) is 0 Å². The van der Waals surface area contributed by atoms with Gasteiger partial charge in [0.2, 0.25) is 0 Å². The second-order valence-electron chi connectivity index (χ2n) is 5.06. The van der Waals surface area contributed by atoms with E-state index >= 15 is 0 Å². The monoisotopic (exact) mass is 255 g/mol. The minimum Gasteiger partial charge on any atom is -0.467 e. The van der Waals surface area contributed by atoms with Crippen molar-refractivity contribution in [1.82, 2.24) is 4.90 Å². The van der Waals surface area contributed by atoms with E-state index < -0.39 is 0 Å². The predicted octanol–water partition coefficient (Wildman–Crippen LogP) is 3.39. The molecule has 1 fully saturated rings. The second kappa shape index (κ2) is 4.92. The number of rotatable bonds is 4. The molecule has 0 aliphatic heterocycles. The summed E-state index contributed by atoms with van der Waals surface area (Å²) in [5, 5.41) is 0. The molecule has 1 aromatic heterocycles.